The Bertz CT molecular complexity index is 1330. The molecule has 8 nitrogen and oxygen atoms in total. The molecule has 0 bridgehead atoms. The Morgan fingerprint density at radius 1 is 1.22 bits per heavy atom. The van der Waals surface area contributed by atoms with Crippen LogP contribution in [-0.2, 0) is 19.7 Å². The van der Waals surface area contributed by atoms with Gasteiger partial charge in [0.2, 0.25) is 0 Å². The number of nitrogens with zero attached hydrogens (tertiary/aromatic N) is 3. The number of ether oxygens (including phenoxy) is 1. The van der Waals surface area contributed by atoms with E-state index in [2.05, 4.69) is 26.2 Å². The largest absolute Gasteiger partial charge is 0.487 e. The van der Waals surface area contributed by atoms with Crippen LogP contribution in [-0.4, -0.2) is 44.8 Å². The van der Waals surface area contributed by atoms with Gasteiger partial charge in [0, 0.05) is 49.2 Å². The summed E-state index contributed by atoms with van der Waals surface area (Å²) in [6.07, 6.45) is 2.48. The Labute approximate surface area is 221 Å². The van der Waals surface area contributed by atoms with Crippen molar-refractivity contribution in [1.82, 2.24) is 19.8 Å². The highest BCUT2D eigenvalue weighted by molar-refractivity contribution is 9.10. The zero-order valence-electron chi connectivity index (χ0n) is 20.2. The smallest absolute Gasteiger partial charge is 0.317 e. The van der Waals surface area contributed by atoms with Gasteiger partial charge < -0.3 is 24.6 Å². The molecule has 37 heavy (non-hydrogen) atoms. The third-order valence-electron chi connectivity index (χ3n) is 6.21. The summed E-state index contributed by atoms with van der Waals surface area (Å²) >= 11 is 3.27. The average molecular weight is 577 g/mol. The highest BCUT2D eigenvalue weighted by Crippen LogP contribution is 2.24. The lowest BCUT2D eigenvalue weighted by Crippen LogP contribution is -2.45. The lowest BCUT2D eigenvalue weighted by atomic mass is 10.1. The van der Waals surface area contributed by atoms with Crippen LogP contribution in [0.15, 0.2) is 51.9 Å². The molecule has 0 aliphatic carbocycles. The minimum atomic E-state index is -0.721. The molecule has 1 aliphatic rings. The van der Waals surface area contributed by atoms with Crippen LogP contribution in [0.5, 0.6) is 5.75 Å². The Morgan fingerprint density at radius 2 is 1.97 bits per heavy atom. The number of piperidine rings is 1. The summed E-state index contributed by atoms with van der Waals surface area (Å²) in [6.45, 7) is 3.19. The highest BCUT2D eigenvalue weighted by Gasteiger charge is 2.21. The molecular weight excluding hydrogens is 550 g/mol. The van der Waals surface area contributed by atoms with E-state index in [9.17, 15) is 23.5 Å². The molecule has 196 valence electrons. The first-order valence-corrected chi connectivity index (χ1v) is 12.6. The Hall–Kier alpha value is -3.31. The normalized spacial score (nSPS) is 14.0. The maximum atomic E-state index is 13.9. The standard InChI is InChI=1S/C26H27BrF2N4O4/c1-16-10-23(37-15-18-3-4-19(28)11-22(18)29)24(27)25(35)33(16)14-20-5-2-17(12-30-20)13-31-26(36)32-8-6-21(34)7-9-32/h2-5,10-12,21,34H,6-9,13-15H2,1H3,(H,31,36). The number of nitrogens with one attached hydrogen (secondary N) is 1. The van der Waals surface area contributed by atoms with Crippen molar-refractivity contribution in [2.75, 3.05) is 13.1 Å². The molecule has 2 aromatic heterocycles. The molecule has 1 aliphatic heterocycles. The van der Waals surface area contributed by atoms with E-state index in [1.54, 1.807) is 30.2 Å². The molecule has 2 N–H and O–H groups in total. The molecule has 11 heteroatoms. The number of aromatic nitrogens is 2. The number of aliphatic hydroxyl groups is 1. The second-order valence-corrected chi connectivity index (χ2v) is 9.71. The fraction of sp³-hybridized carbons (Fsp3) is 0.346. The molecule has 1 saturated heterocycles. The third kappa shape index (κ3) is 6.72. The van der Waals surface area contributed by atoms with Crippen molar-refractivity contribution < 1.29 is 23.4 Å². The van der Waals surface area contributed by atoms with Crippen LogP contribution < -0.4 is 15.6 Å². The van der Waals surface area contributed by atoms with Crippen molar-refractivity contribution in [2.24, 2.45) is 0 Å². The number of likely N-dealkylation sites (tertiary alicyclic amines) is 1. The summed E-state index contributed by atoms with van der Waals surface area (Å²) in [5, 5.41) is 12.4. The molecular formula is C26H27BrF2N4O4. The van der Waals surface area contributed by atoms with Crippen molar-refractivity contribution >= 4 is 22.0 Å². The van der Waals surface area contributed by atoms with Crippen LogP contribution in [0, 0.1) is 18.6 Å². The van der Waals surface area contributed by atoms with E-state index in [4.69, 9.17) is 4.74 Å². The van der Waals surface area contributed by atoms with Crippen LogP contribution in [0.4, 0.5) is 13.6 Å². The number of amides is 2. The van der Waals surface area contributed by atoms with Crippen LogP contribution in [0.3, 0.4) is 0 Å². The van der Waals surface area contributed by atoms with E-state index in [0.717, 1.165) is 17.7 Å². The molecule has 1 fully saturated rings. The van der Waals surface area contributed by atoms with Gasteiger partial charge in [-0.1, -0.05) is 6.07 Å². The number of hydrogen-bond acceptors (Lipinski definition) is 5. The number of aliphatic hydroxyl groups excluding tert-OH is 1. The number of carbonyl (C=O) groups excluding carboxylic acids is 1. The molecule has 3 heterocycles. The lowest BCUT2D eigenvalue weighted by Gasteiger charge is -2.29. The van der Waals surface area contributed by atoms with Gasteiger partial charge in [0.1, 0.15) is 28.5 Å². The third-order valence-corrected chi connectivity index (χ3v) is 6.94. The van der Waals surface area contributed by atoms with Crippen molar-refractivity contribution in [3.8, 4) is 5.75 Å². The number of rotatable bonds is 7. The number of aryl methyl sites for hydroxylation is 1. The minimum absolute atomic E-state index is 0.160. The van der Waals surface area contributed by atoms with Crippen molar-refractivity contribution in [3.63, 3.8) is 0 Å². The summed E-state index contributed by atoms with van der Waals surface area (Å²) in [5.74, 6) is -1.14. The van der Waals surface area contributed by atoms with Gasteiger partial charge in [-0.25, -0.2) is 13.6 Å². The van der Waals surface area contributed by atoms with E-state index in [1.807, 2.05) is 6.07 Å². The minimum Gasteiger partial charge on any atom is -0.487 e. The first-order chi connectivity index (χ1) is 17.7. The quantitative estimate of drug-likeness (QED) is 0.445. The van der Waals surface area contributed by atoms with E-state index >= 15 is 0 Å². The summed E-state index contributed by atoms with van der Waals surface area (Å²) < 4.78 is 34.4. The number of urea groups is 1. The molecule has 4 rings (SSSR count). The highest BCUT2D eigenvalue weighted by atomic mass is 79.9. The van der Waals surface area contributed by atoms with Gasteiger partial charge in [-0.2, -0.15) is 0 Å². The number of halogens is 3. The molecule has 0 saturated carbocycles. The van der Waals surface area contributed by atoms with Gasteiger partial charge in [-0.05, 0) is 59.5 Å². The van der Waals surface area contributed by atoms with E-state index in [-0.39, 0.29) is 46.6 Å². The van der Waals surface area contributed by atoms with Crippen LogP contribution in [0.2, 0.25) is 0 Å². The van der Waals surface area contributed by atoms with Crippen LogP contribution >= 0.6 is 15.9 Å². The lowest BCUT2D eigenvalue weighted by molar-refractivity contribution is 0.0936. The summed E-state index contributed by atoms with van der Waals surface area (Å²) in [6, 6.07) is 8.35. The zero-order chi connectivity index (χ0) is 26.5. The number of hydrogen-bond donors (Lipinski definition) is 2. The maximum absolute atomic E-state index is 13.9. The van der Waals surface area contributed by atoms with Gasteiger partial charge in [0.05, 0.1) is 18.3 Å². The van der Waals surface area contributed by atoms with Crippen molar-refractivity contribution in [1.29, 1.82) is 0 Å². The predicted molar refractivity (Wildman–Crippen MR) is 136 cm³/mol. The first-order valence-electron chi connectivity index (χ1n) is 11.8. The fourth-order valence-corrected chi connectivity index (χ4v) is 4.43. The molecule has 3 aromatic rings. The van der Waals surface area contributed by atoms with Gasteiger partial charge >= 0.3 is 6.03 Å². The van der Waals surface area contributed by atoms with Crippen LogP contribution in [0.1, 0.15) is 35.4 Å². The predicted octanol–water partition coefficient (Wildman–Crippen LogP) is 3.89. The van der Waals surface area contributed by atoms with Crippen LogP contribution in [0.25, 0.3) is 0 Å². The maximum Gasteiger partial charge on any atom is 0.317 e. The summed E-state index contributed by atoms with van der Waals surface area (Å²) in [5.41, 5.74) is 1.92. The molecule has 0 radical (unpaired) electrons. The van der Waals surface area contributed by atoms with Crippen molar-refractivity contribution in [3.05, 3.63) is 91.6 Å². The average Bonchev–Trinajstić information content (AvgIpc) is 2.88. The first kappa shape index (κ1) is 26.7. The van der Waals surface area contributed by atoms with E-state index in [0.29, 0.717) is 43.9 Å². The molecule has 0 spiro atoms. The Balaban J connectivity index is 1.37. The number of pyridine rings is 2. The molecule has 0 unspecified atom stereocenters. The van der Waals surface area contributed by atoms with Gasteiger partial charge in [0.15, 0.2) is 0 Å². The molecule has 1 aromatic carbocycles. The second-order valence-electron chi connectivity index (χ2n) is 8.91. The fourth-order valence-electron chi connectivity index (χ4n) is 3.98. The molecule has 0 atom stereocenters. The van der Waals surface area contributed by atoms with E-state index in [1.165, 1.54) is 10.6 Å². The Kier molecular flexibility index (Phi) is 8.55. The van der Waals surface area contributed by atoms with Crippen molar-refractivity contribution in [2.45, 2.75) is 45.6 Å². The number of carbonyl (C=O) groups is 1. The van der Waals surface area contributed by atoms with E-state index < -0.39 is 11.6 Å². The monoisotopic (exact) mass is 576 g/mol. The topological polar surface area (TPSA) is 96.7 Å². The SMILES string of the molecule is Cc1cc(OCc2ccc(F)cc2F)c(Br)c(=O)n1Cc1ccc(CNC(=O)N2CCC(O)CC2)cn1. The Morgan fingerprint density at radius 3 is 2.65 bits per heavy atom. The van der Waals surface area contributed by atoms with Gasteiger partial charge in [0.25, 0.3) is 5.56 Å². The zero-order valence-corrected chi connectivity index (χ0v) is 21.8. The second kappa shape index (κ2) is 11.8. The van der Waals surface area contributed by atoms with Gasteiger partial charge in [-0.15, -0.1) is 0 Å². The molecule has 2 amide bonds. The summed E-state index contributed by atoms with van der Waals surface area (Å²) in [7, 11) is 0. The van der Waals surface area contributed by atoms with Gasteiger partial charge in [-0.3, -0.25) is 9.78 Å². The summed E-state index contributed by atoms with van der Waals surface area (Å²) in [4.78, 5) is 31.4. The number of benzene rings is 1.